The average molecular weight is 709 g/mol. The van der Waals surface area contributed by atoms with Gasteiger partial charge < -0.3 is 9.47 Å². The zero-order chi connectivity index (χ0) is 37.4. The molecular weight excluding hydrogens is 665 g/mol. The molecular formula is C53H44N2. The summed E-state index contributed by atoms with van der Waals surface area (Å²) in [4.78, 5) is 2.44. The van der Waals surface area contributed by atoms with Crippen molar-refractivity contribution < 1.29 is 0 Å². The van der Waals surface area contributed by atoms with E-state index in [1.54, 1.807) is 0 Å². The summed E-state index contributed by atoms with van der Waals surface area (Å²) in [7, 11) is 0. The number of hydrogen-bond donors (Lipinski definition) is 0. The van der Waals surface area contributed by atoms with Gasteiger partial charge in [-0.15, -0.1) is 0 Å². The first-order chi connectivity index (χ1) is 26.6. The molecule has 0 N–H and O–H groups in total. The number of para-hydroxylation sites is 2. The fourth-order valence-electron chi connectivity index (χ4n) is 10.6. The highest BCUT2D eigenvalue weighted by Gasteiger charge is 2.42. The fourth-order valence-corrected chi connectivity index (χ4v) is 10.6. The molecule has 11 rings (SSSR count). The molecule has 2 nitrogen and oxygen atoms in total. The van der Waals surface area contributed by atoms with Crippen LogP contribution in [-0.4, -0.2) is 4.57 Å². The molecule has 55 heavy (non-hydrogen) atoms. The normalized spacial score (nSPS) is 16.2. The van der Waals surface area contributed by atoms with E-state index in [0.29, 0.717) is 0 Å². The predicted octanol–water partition coefficient (Wildman–Crippen LogP) is 14.0. The summed E-state index contributed by atoms with van der Waals surface area (Å²) in [5, 5.41) is 1.32. The second-order valence-electron chi connectivity index (χ2n) is 17.4. The Morgan fingerprint density at radius 2 is 0.891 bits per heavy atom. The second kappa shape index (κ2) is 11.0. The molecule has 0 spiro atoms. The second-order valence-corrected chi connectivity index (χ2v) is 17.4. The van der Waals surface area contributed by atoms with E-state index in [1.165, 1.54) is 101 Å². The first kappa shape index (κ1) is 32.3. The fraction of sp³-hybridized carbons (Fsp3) is 0.170. The molecule has 2 heterocycles. The molecule has 1 aromatic heterocycles. The summed E-state index contributed by atoms with van der Waals surface area (Å²) in [5.41, 5.74) is 22.0. The third-order valence-corrected chi connectivity index (χ3v) is 13.4. The van der Waals surface area contributed by atoms with E-state index < -0.39 is 0 Å². The first-order valence-electron chi connectivity index (χ1n) is 19.7. The molecule has 8 aromatic rings. The summed E-state index contributed by atoms with van der Waals surface area (Å²) in [6.45, 7) is 14.2. The van der Waals surface area contributed by atoms with E-state index in [2.05, 4.69) is 209 Å². The van der Waals surface area contributed by atoms with Crippen molar-refractivity contribution in [1.29, 1.82) is 0 Å². The lowest BCUT2D eigenvalue weighted by Crippen LogP contribution is -2.30. The Bertz CT molecular complexity index is 2850. The van der Waals surface area contributed by atoms with Crippen LogP contribution in [0.1, 0.15) is 74.9 Å². The van der Waals surface area contributed by atoms with Crippen molar-refractivity contribution in [2.45, 2.75) is 57.8 Å². The Labute approximate surface area is 324 Å². The molecule has 1 aliphatic heterocycles. The number of nitrogens with zero attached hydrogens (tertiary/aromatic N) is 2. The van der Waals surface area contributed by atoms with E-state index >= 15 is 0 Å². The molecule has 2 heteroatoms. The van der Waals surface area contributed by atoms with Gasteiger partial charge in [-0.25, -0.2) is 0 Å². The maximum atomic E-state index is 2.55. The summed E-state index contributed by atoms with van der Waals surface area (Å²) >= 11 is 0. The average Bonchev–Trinajstić information content (AvgIpc) is 3.76. The highest BCUT2D eigenvalue weighted by molar-refractivity contribution is 6.01. The molecule has 0 saturated heterocycles. The quantitative estimate of drug-likeness (QED) is 0.177. The molecule has 0 fully saturated rings. The van der Waals surface area contributed by atoms with Crippen molar-refractivity contribution in [3.63, 3.8) is 0 Å². The number of fused-ring (bicyclic) bond motifs is 10. The number of hydrogen-bond acceptors (Lipinski definition) is 1. The lowest BCUT2D eigenvalue weighted by Gasteiger charge is -2.42. The van der Waals surface area contributed by atoms with Gasteiger partial charge in [0.1, 0.15) is 0 Å². The monoisotopic (exact) mass is 708 g/mol. The number of aromatic nitrogens is 1. The SMILES string of the molecule is CC1(C)c2ccccc2-c2ccc(-n3c4c(c5cc(-c6ccc(N7c8ccccc8C(C)(C)c8ccccc87)cc6)ccc53)C(C)(C)c3ccccc3-4)cc21. The molecule has 0 amide bonds. The van der Waals surface area contributed by atoms with Gasteiger partial charge in [0.25, 0.3) is 0 Å². The van der Waals surface area contributed by atoms with E-state index in [9.17, 15) is 0 Å². The van der Waals surface area contributed by atoms with Crippen LogP contribution in [0.25, 0.3) is 50.1 Å². The Morgan fingerprint density at radius 1 is 0.382 bits per heavy atom. The molecule has 0 saturated carbocycles. The van der Waals surface area contributed by atoms with Crippen LogP contribution in [-0.2, 0) is 16.2 Å². The highest BCUT2D eigenvalue weighted by Crippen LogP contribution is 2.56. The number of anilines is 3. The van der Waals surface area contributed by atoms with Gasteiger partial charge >= 0.3 is 0 Å². The van der Waals surface area contributed by atoms with Crippen molar-refractivity contribution in [1.82, 2.24) is 4.57 Å². The zero-order valence-electron chi connectivity index (χ0n) is 32.4. The van der Waals surface area contributed by atoms with Crippen LogP contribution in [0.4, 0.5) is 17.1 Å². The van der Waals surface area contributed by atoms with Crippen molar-refractivity contribution >= 4 is 28.0 Å². The van der Waals surface area contributed by atoms with Crippen LogP contribution in [0.3, 0.4) is 0 Å². The van der Waals surface area contributed by atoms with Crippen LogP contribution in [0.5, 0.6) is 0 Å². The number of rotatable bonds is 3. The molecule has 0 atom stereocenters. The molecule has 266 valence electrons. The summed E-state index contributed by atoms with van der Waals surface area (Å²) in [5.74, 6) is 0. The minimum Gasteiger partial charge on any atom is -0.310 e. The Balaban J connectivity index is 1.06. The van der Waals surface area contributed by atoms with Crippen LogP contribution < -0.4 is 4.90 Å². The Hall–Kier alpha value is -6.12. The minimum atomic E-state index is -0.146. The highest BCUT2D eigenvalue weighted by atomic mass is 15.2. The maximum absolute atomic E-state index is 2.55. The van der Waals surface area contributed by atoms with Crippen molar-refractivity contribution in [3.8, 4) is 39.2 Å². The van der Waals surface area contributed by atoms with Crippen LogP contribution in [0, 0.1) is 0 Å². The largest absolute Gasteiger partial charge is 0.310 e. The smallest absolute Gasteiger partial charge is 0.0585 e. The molecule has 0 radical (unpaired) electrons. The van der Waals surface area contributed by atoms with E-state index in [-0.39, 0.29) is 16.2 Å². The van der Waals surface area contributed by atoms with E-state index in [4.69, 9.17) is 0 Å². The Morgan fingerprint density at radius 3 is 1.56 bits per heavy atom. The molecule has 7 aromatic carbocycles. The number of benzene rings is 7. The maximum Gasteiger partial charge on any atom is 0.0585 e. The third-order valence-electron chi connectivity index (χ3n) is 13.4. The molecule has 0 bridgehead atoms. The summed E-state index contributed by atoms with van der Waals surface area (Å²) in [6.07, 6.45) is 0. The molecule has 0 unspecified atom stereocenters. The third kappa shape index (κ3) is 4.26. The van der Waals surface area contributed by atoms with Gasteiger partial charge in [0.15, 0.2) is 0 Å². The Kier molecular flexibility index (Phi) is 6.45. The van der Waals surface area contributed by atoms with Crippen LogP contribution in [0.15, 0.2) is 158 Å². The van der Waals surface area contributed by atoms with E-state index in [0.717, 1.165) is 0 Å². The van der Waals surface area contributed by atoms with Gasteiger partial charge in [0.05, 0.1) is 22.6 Å². The molecule has 2 aliphatic carbocycles. The van der Waals surface area contributed by atoms with Gasteiger partial charge in [-0.05, 0) is 104 Å². The van der Waals surface area contributed by atoms with Crippen LogP contribution in [0.2, 0.25) is 0 Å². The first-order valence-corrected chi connectivity index (χ1v) is 19.7. The van der Waals surface area contributed by atoms with Crippen molar-refractivity contribution in [2.24, 2.45) is 0 Å². The van der Waals surface area contributed by atoms with E-state index in [1.807, 2.05) is 0 Å². The summed E-state index contributed by atoms with van der Waals surface area (Å²) in [6, 6.07) is 59.2. The standard InChI is InChI=1S/C53H44N2/c1-51(2)41-17-9-7-15-37(41)38-29-28-36(32-45(38)51)55-46-30-25-34(31-40(46)49-50(55)39-16-8-10-18-42(39)53(49,5)6)33-23-26-35(27-24-33)54-47-21-13-11-19-43(47)52(3,4)44-20-12-14-22-48(44)54/h7-32H,1-6H3. The van der Waals surface area contributed by atoms with Gasteiger partial charge in [0, 0.05) is 38.6 Å². The van der Waals surface area contributed by atoms with Crippen molar-refractivity contribution in [3.05, 3.63) is 191 Å². The lowest BCUT2D eigenvalue weighted by molar-refractivity contribution is 0.632. The molecule has 3 aliphatic rings. The zero-order valence-corrected chi connectivity index (χ0v) is 32.4. The van der Waals surface area contributed by atoms with Gasteiger partial charge in [-0.2, -0.15) is 0 Å². The van der Waals surface area contributed by atoms with Crippen LogP contribution >= 0.6 is 0 Å². The minimum absolute atomic E-state index is 0.0703. The van der Waals surface area contributed by atoms with Crippen molar-refractivity contribution in [2.75, 3.05) is 4.90 Å². The lowest BCUT2D eigenvalue weighted by atomic mass is 9.73. The predicted molar refractivity (Wildman–Crippen MR) is 231 cm³/mol. The van der Waals surface area contributed by atoms with Gasteiger partial charge in [0.2, 0.25) is 0 Å². The summed E-state index contributed by atoms with van der Waals surface area (Å²) < 4.78 is 2.55. The van der Waals surface area contributed by atoms with Gasteiger partial charge in [-0.3, -0.25) is 0 Å². The topological polar surface area (TPSA) is 8.17 Å². The van der Waals surface area contributed by atoms with Gasteiger partial charge in [-0.1, -0.05) is 151 Å².